The maximum absolute atomic E-state index is 12.1. The molecule has 0 aliphatic heterocycles. The van der Waals surface area contributed by atoms with Crippen LogP contribution >= 0.6 is 0 Å². The van der Waals surface area contributed by atoms with Crippen molar-refractivity contribution >= 4 is 23.3 Å². The van der Waals surface area contributed by atoms with Gasteiger partial charge in [0, 0.05) is 19.3 Å². The monoisotopic (exact) mass is 357 g/mol. The van der Waals surface area contributed by atoms with Gasteiger partial charge in [-0.25, -0.2) is 4.79 Å². The molecule has 0 unspecified atom stereocenters. The number of amides is 3. The van der Waals surface area contributed by atoms with E-state index in [0.717, 1.165) is 5.56 Å². The molecule has 3 amide bonds. The molecule has 7 nitrogen and oxygen atoms in total. The molecule has 0 saturated carbocycles. The fraction of sp³-hybridized carbons (Fsp3) is 0.263. The van der Waals surface area contributed by atoms with Crippen LogP contribution in [-0.2, 0) is 16.0 Å². The van der Waals surface area contributed by atoms with Gasteiger partial charge in [-0.3, -0.25) is 4.79 Å². The topological polar surface area (TPSA) is 88.7 Å². The van der Waals surface area contributed by atoms with E-state index in [0.29, 0.717) is 30.3 Å². The van der Waals surface area contributed by atoms with Crippen LogP contribution < -0.4 is 20.7 Å². The third-order valence-electron chi connectivity index (χ3n) is 3.56. The molecule has 0 heterocycles. The Bertz CT molecular complexity index is 732. The van der Waals surface area contributed by atoms with Gasteiger partial charge < -0.3 is 25.4 Å². The summed E-state index contributed by atoms with van der Waals surface area (Å²) in [6, 6.07) is 13.9. The molecule has 0 atom stereocenters. The van der Waals surface area contributed by atoms with Gasteiger partial charge in [0.1, 0.15) is 5.75 Å². The molecule has 2 rings (SSSR count). The van der Waals surface area contributed by atoms with Gasteiger partial charge >= 0.3 is 6.03 Å². The van der Waals surface area contributed by atoms with Crippen molar-refractivity contribution in [2.45, 2.75) is 6.42 Å². The van der Waals surface area contributed by atoms with Crippen LogP contribution in [0.15, 0.2) is 48.5 Å². The van der Waals surface area contributed by atoms with Crippen molar-refractivity contribution in [3.8, 4) is 5.75 Å². The molecule has 0 saturated heterocycles. The fourth-order valence-electron chi connectivity index (χ4n) is 2.28. The second-order valence-electron chi connectivity index (χ2n) is 5.50. The summed E-state index contributed by atoms with van der Waals surface area (Å²) in [4.78, 5) is 23.9. The van der Waals surface area contributed by atoms with Crippen LogP contribution in [-0.4, -0.2) is 39.3 Å². The number of carbonyl (C=O) groups excluding carboxylic acids is 2. The number of hydrogen-bond acceptors (Lipinski definition) is 4. The standard InChI is InChI=1S/C19H23N3O4/c1-25-12-11-20-18(23)13-14-7-9-15(10-8-14)21-19(24)22-16-5-3-4-6-17(16)26-2/h3-10H,11-13H2,1-2H3,(H,20,23)(H2,21,22,24). The van der Waals surface area contributed by atoms with Gasteiger partial charge in [-0.2, -0.15) is 0 Å². The first-order valence-electron chi connectivity index (χ1n) is 8.18. The number of carbonyl (C=O) groups is 2. The maximum Gasteiger partial charge on any atom is 0.323 e. The highest BCUT2D eigenvalue weighted by Crippen LogP contribution is 2.23. The number of ether oxygens (including phenoxy) is 2. The number of nitrogens with one attached hydrogen (secondary N) is 3. The SMILES string of the molecule is COCCNC(=O)Cc1ccc(NC(=O)Nc2ccccc2OC)cc1. The predicted octanol–water partition coefficient (Wildman–Crippen LogP) is 2.64. The molecule has 2 aromatic rings. The Morgan fingerprint density at radius 3 is 2.38 bits per heavy atom. The average Bonchev–Trinajstić information content (AvgIpc) is 2.64. The summed E-state index contributed by atoms with van der Waals surface area (Å²) >= 11 is 0. The Morgan fingerprint density at radius 2 is 1.69 bits per heavy atom. The minimum atomic E-state index is -0.375. The van der Waals surface area contributed by atoms with E-state index >= 15 is 0 Å². The van der Waals surface area contributed by atoms with Crippen molar-refractivity contribution in [2.24, 2.45) is 0 Å². The average molecular weight is 357 g/mol. The van der Waals surface area contributed by atoms with Crippen LogP contribution in [0.4, 0.5) is 16.2 Å². The molecule has 26 heavy (non-hydrogen) atoms. The summed E-state index contributed by atoms with van der Waals surface area (Å²) in [6.07, 6.45) is 0.275. The molecule has 0 radical (unpaired) electrons. The highest BCUT2D eigenvalue weighted by molar-refractivity contribution is 6.00. The Morgan fingerprint density at radius 1 is 0.962 bits per heavy atom. The van der Waals surface area contributed by atoms with Crippen LogP contribution in [0.2, 0.25) is 0 Å². The van der Waals surface area contributed by atoms with Gasteiger partial charge in [-0.15, -0.1) is 0 Å². The summed E-state index contributed by atoms with van der Waals surface area (Å²) in [7, 11) is 3.13. The van der Waals surface area contributed by atoms with Crippen molar-refractivity contribution in [3.05, 3.63) is 54.1 Å². The Balaban J connectivity index is 1.86. The van der Waals surface area contributed by atoms with Crippen LogP contribution in [0.1, 0.15) is 5.56 Å². The lowest BCUT2D eigenvalue weighted by atomic mass is 10.1. The zero-order valence-corrected chi connectivity index (χ0v) is 14.9. The highest BCUT2D eigenvalue weighted by atomic mass is 16.5. The normalized spacial score (nSPS) is 10.1. The van der Waals surface area contributed by atoms with Crippen molar-refractivity contribution in [2.75, 3.05) is 38.0 Å². The molecule has 0 aliphatic carbocycles. The van der Waals surface area contributed by atoms with E-state index in [2.05, 4.69) is 16.0 Å². The molecule has 7 heteroatoms. The minimum Gasteiger partial charge on any atom is -0.495 e. The molecule has 0 aliphatic rings. The van der Waals surface area contributed by atoms with E-state index in [-0.39, 0.29) is 18.4 Å². The summed E-state index contributed by atoms with van der Waals surface area (Å²) in [6.45, 7) is 0.966. The van der Waals surface area contributed by atoms with Gasteiger partial charge in [0.05, 0.1) is 25.8 Å². The number of benzene rings is 2. The lowest BCUT2D eigenvalue weighted by Gasteiger charge is -2.11. The van der Waals surface area contributed by atoms with Crippen molar-refractivity contribution in [1.29, 1.82) is 0 Å². The van der Waals surface area contributed by atoms with E-state index in [4.69, 9.17) is 9.47 Å². The first-order valence-corrected chi connectivity index (χ1v) is 8.18. The number of anilines is 2. The zero-order chi connectivity index (χ0) is 18.8. The van der Waals surface area contributed by atoms with E-state index in [1.54, 1.807) is 50.6 Å². The van der Waals surface area contributed by atoms with Gasteiger partial charge in [-0.1, -0.05) is 24.3 Å². The van der Waals surface area contributed by atoms with Crippen LogP contribution in [0.25, 0.3) is 0 Å². The Kier molecular flexibility index (Phi) is 7.45. The third kappa shape index (κ3) is 6.10. The second kappa shape index (κ2) is 10.0. The van der Waals surface area contributed by atoms with Crippen molar-refractivity contribution in [1.82, 2.24) is 5.32 Å². The van der Waals surface area contributed by atoms with Gasteiger partial charge in [0.2, 0.25) is 5.91 Å². The number of rotatable bonds is 8. The number of methoxy groups -OCH3 is 2. The van der Waals surface area contributed by atoms with Gasteiger partial charge in [0.15, 0.2) is 0 Å². The summed E-state index contributed by atoms with van der Waals surface area (Å²) in [5, 5.41) is 8.24. The lowest BCUT2D eigenvalue weighted by Crippen LogP contribution is -2.28. The Hall–Kier alpha value is -3.06. The largest absolute Gasteiger partial charge is 0.495 e. The van der Waals surface area contributed by atoms with Crippen LogP contribution in [0.3, 0.4) is 0 Å². The predicted molar refractivity (Wildman–Crippen MR) is 101 cm³/mol. The molecule has 0 bridgehead atoms. The second-order valence-corrected chi connectivity index (χ2v) is 5.50. The molecule has 0 fully saturated rings. The molecule has 138 valence electrons. The number of hydrogen-bond donors (Lipinski definition) is 3. The first-order chi connectivity index (χ1) is 12.6. The van der Waals surface area contributed by atoms with Crippen molar-refractivity contribution in [3.63, 3.8) is 0 Å². The fourth-order valence-corrected chi connectivity index (χ4v) is 2.28. The quantitative estimate of drug-likeness (QED) is 0.634. The molecular weight excluding hydrogens is 334 g/mol. The van der Waals surface area contributed by atoms with E-state index in [9.17, 15) is 9.59 Å². The zero-order valence-electron chi connectivity index (χ0n) is 14.9. The maximum atomic E-state index is 12.1. The molecule has 3 N–H and O–H groups in total. The van der Waals surface area contributed by atoms with Crippen molar-refractivity contribution < 1.29 is 19.1 Å². The molecular formula is C19H23N3O4. The smallest absolute Gasteiger partial charge is 0.323 e. The van der Waals surface area contributed by atoms with Crippen LogP contribution in [0.5, 0.6) is 5.75 Å². The molecule has 0 aromatic heterocycles. The minimum absolute atomic E-state index is 0.0725. The molecule has 0 spiro atoms. The number of urea groups is 1. The molecule has 2 aromatic carbocycles. The summed E-state index contributed by atoms with van der Waals surface area (Å²) in [5.74, 6) is 0.508. The third-order valence-corrected chi connectivity index (χ3v) is 3.56. The summed E-state index contributed by atoms with van der Waals surface area (Å²) < 4.78 is 10.1. The van der Waals surface area contributed by atoms with E-state index in [1.165, 1.54) is 0 Å². The van der Waals surface area contributed by atoms with E-state index < -0.39 is 0 Å². The van der Waals surface area contributed by atoms with Gasteiger partial charge in [-0.05, 0) is 29.8 Å². The van der Waals surface area contributed by atoms with Gasteiger partial charge in [0.25, 0.3) is 0 Å². The van der Waals surface area contributed by atoms with E-state index in [1.807, 2.05) is 12.1 Å². The summed E-state index contributed by atoms with van der Waals surface area (Å²) in [5.41, 5.74) is 2.06. The lowest BCUT2D eigenvalue weighted by molar-refractivity contribution is -0.120. The first kappa shape index (κ1) is 19.3. The highest BCUT2D eigenvalue weighted by Gasteiger charge is 2.07. The Labute approximate surface area is 152 Å². The van der Waals surface area contributed by atoms with Crippen LogP contribution in [0, 0.1) is 0 Å². The number of para-hydroxylation sites is 2.